The largest absolute Gasteiger partial charge is 0.393 e. The number of hydrogen-bond acceptors (Lipinski definition) is 7. The van der Waals surface area contributed by atoms with Gasteiger partial charge in [0.05, 0.1) is 0 Å². The average Bonchev–Trinajstić information content (AvgIpc) is 2.54. The standard InChI is InChI=1S/C14H12BrN7/c15-9-1-2-11(18-7-9)22-14-12(16)13(19-8-20-14)21-10-3-5-17-6-4-10/h1-8H,16H2,(H2,17,18,19,20,21,22). The highest BCUT2D eigenvalue weighted by atomic mass is 79.9. The molecule has 0 bridgehead atoms. The average molecular weight is 358 g/mol. The summed E-state index contributed by atoms with van der Waals surface area (Å²) in [4.78, 5) is 16.5. The molecule has 0 aromatic carbocycles. The van der Waals surface area contributed by atoms with Gasteiger partial charge in [-0.1, -0.05) is 0 Å². The first-order valence-electron chi connectivity index (χ1n) is 6.38. The third-order valence-corrected chi connectivity index (χ3v) is 3.27. The minimum absolute atomic E-state index is 0.407. The van der Waals surface area contributed by atoms with Crippen LogP contribution in [0.3, 0.4) is 0 Å². The lowest BCUT2D eigenvalue weighted by Crippen LogP contribution is -2.05. The minimum Gasteiger partial charge on any atom is -0.393 e. The van der Waals surface area contributed by atoms with Gasteiger partial charge in [0.1, 0.15) is 17.8 Å². The van der Waals surface area contributed by atoms with Crippen molar-refractivity contribution in [3.05, 3.63) is 53.7 Å². The molecule has 3 rings (SSSR count). The number of nitrogens with one attached hydrogen (secondary N) is 2. The van der Waals surface area contributed by atoms with Gasteiger partial charge in [-0.3, -0.25) is 4.98 Å². The fourth-order valence-corrected chi connectivity index (χ4v) is 1.97. The van der Waals surface area contributed by atoms with Crippen molar-refractivity contribution in [1.82, 2.24) is 19.9 Å². The van der Waals surface area contributed by atoms with Crippen LogP contribution in [-0.4, -0.2) is 19.9 Å². The monoisotopic (exact) mass is 357 g/mol. The van der Waals surface area contributed by atoms with Gasteiger partial charge in [0.25, 0.3) is 0 Å². The van der Waals surface area contributed by atoms with E-state index in [4.69, 9.17) is 5.73 Å². The number of halogens is 1. The summed E-state index contributed by atoms with van der Waals surface area (Å²) in [6, 6.07) is 7.35. The Morgan fingerprint density at radius 1 is 0.909 bits per heavy atom. The van der Waals surface area contributed by atoms with Crippen molar-refractivity contribution in [1.29, 1.82) is 0 Å². The van der Waals surface area contributed by atoms with Crippen molar-refractivity contribution in [3.63, 3.8) is 0 Å². The summed E-state index contributed by atoms with van der Waals surface area (Å²) in [5.41, 5.74) is 7.35. The second-order valence-electron chi connectivity index (χ2n) is 4.33. The molecular formula is C14H12BrN7. The maximum absolute atomic E-state index is 6.11. The number of aromatic nitrogens is 4. The van der Waals surface area contributed by atoms with E-state index in [9.17, 15) is 0 Å². The van der Waals surface area contributed by atoms with E-state index in [1.807, 2.05) is 24.3 Å². The van der Waals surface area contributed by atoms with Crippen LogP contribution in [0.4, 0.5) is 28.8 Å². The lowest BCUT2D eigenvalue weighted by atomic mass is 10.3. The molecule has 7 nitrogen and oxygen atoms in total. The van der Waals surface area contributed by atoms with Crippen LogP contribution in [0.15, 0.2) is 53.7 Å². The molecule has 0 aliphatic heterocycles. The summed E-state index contributed by atoms with van der Waals surface area (Å²) in [7, 11) is 0. The molecule has 3 aromatic rings. The molecule has 0 spiro atoms. The fraction of sp³-hybridized carbons (Fsp3) is 0. The van der Waals surface area contributed by atoms with E-state index in [2.05, 4.69) is 46.5 Å². The number of anilines is 5. The Kier molecular flexibility index (Phi) is 4.10. The molecule has 0 fully saturated rings. The van der Waals surface area contributed by atoms with Crippen LogP contribution < -0.4 is 16.4 Å². The maximum atomic E-state index is 6.11. The van der Waals surface area contributed by atoms with Crippen LogP contribution >= 0.6 is 15.9 Å². The second kappa shape index (κ2) is 6.35. The van der Waals surface area contributed by atoms with Crippen LogP contribution in [0.1, 0.15) is 0 Å². The van der Waals surface area contributed by atoms with Gasteiger partial charge in [0.15, 0.2) is 11.6 Å². The summed E-state index contributed by atoms with van der Waals surface area (Å²) in [6.07, 6.45) is 6.49. The van der Waals surface area contributed by atoms with Gasteiger partial charge in [-0.05, 0) is 40.2 Å². The van der Waals surface area contributed by atoms with Crippen LogP contribution in [-0.2, 0) is 0 Å². The van der Waals surface area contributed by atoms with Crippen molar-refractivity contribution in [2.75, 3.05) is 16.4 Å². The Labute approximate surface area is 135 Å². The van der Waals surface area contributed by atoms with E-state index in [-0.39, 0.29) is 0 Å². The summed E-state index contributed by atoms with van der Waals surface area (Å²) in [5.74, 6) is 1.64. The quantitative estimate of drug-likeness (QED) is 0.659. The SMILES string of the molecule is Nc1c(Nc2ccncc2)ncnc1Nc1ccc(Br)cn1. The molecular weight excluding hydrogens is 346 g/mol. The Bertz CT molecular complexity index is 762. The Hall–Kier alpha value is -2.74. The molecule has 110 valence electrons. The Balaban J connectivity index is 1.84. The zero-order valence-corrected chi connectivity index (χ0v) is 12.9. The summed E-state index contributed by atoms with van der Waals surface area (Å²) in [6.45, 7) is 0. The van der Waals surface area contributed by atoms with Gasteiger partial charge >= 0.3 is 0 Å². The molecule has 3 aromatic heterocycles. The van der Waals surface area contributed by atoms with E-state index >= 15 is 0 Å². The number of nitrogens with two attached hydrogens (primary N) is 1. The van der Waals surface area contributed by atoms with Crippen molar-refractivity contribution in [2.45, 2.75) is 0 Å². The van der Waals surface area contributed by atoms with Gasteiger partial charge < -0.3 is 16.4 Å². The topological polar surface area (TPSA) is 102 Å². The first-order chi connectivity index (χ1) is 10.7. The third kappa shape index (κ3) is 3.29. The van der Waals surface area contributed by atoms with E-state index in [1.165, 1.54) is 6.33 Å². The van der Waals surface area contributed by atoms with Crippen LogP contribution in [0.2, 0.25) is 0 Å². The van der Waals surface area contributed by atoms with Gasteiger partial charge in [-0.25, -0.2) is 15.0 Å². The van der Waals surface area contributed by atoms with Crippen LogP contribution in [0, 0.1) is 0 Å². The van der Waals surface area contributed by atoms with E-state index in [0.717, 1.165) is 10.2 Å². The van der Waals surface area contributed by atoms with E-state index < -0.39 is 0 Å². The third-order valence-electron chi connectivity index (χ3n) is 2.80. The summed E-state index contributed by atoms with van der Waals surface area (Å²) < 4.78 is 0.897. The molecule has 8 heteroatoms. The van der Waals surface area contributed by atoms with Gasteiger partial charge in [0, 0.05) is 28.8 Å². The number of nitrogens with zero attached hydrogens (tertiary/aromatic N) is 4. The predicted molar refractivity (Wildman–Crippen MR) is 89.2 cm³/mol. The van der Waals surface area contributed by atoms with Gasteiger partial charge in [0.2, 0.25) is 0 Å². The van der Waals surface area contributed by atoms with Crippen LogP contribution in [0.5, 0.6) is 0 Å². The molecule has 4 N–H and O–H groups in total. The fourth-order valence-electron chi connectivity index (χ4n) is 1.74. The van der Waals surface area contributed by atoms with E-state index in [0.29, 0.717) is 23.1 Å². The number of rotatable bonds is 4. The zero-order valence-electron chi connectivity index (χ0n) is 11.4. The number of nitrogen functional groups attached to an aromatic ring is 1. The number of hydrogen-bond donors (Lipinski definition) is 3. The molecule has 0 saturated carbocycles. The molecule has 0 amide bonds. The highest BCUT2D eigenvalue weighted by Gasteiger charge is 2.09. The van der Waals surface area contributed by atoms with Gasteiger partial charge in [-0.2, -0.15) is 0 Å². The Morgan fingerprint density at radius 2 is 1.64 bits per heavy atom. The molecule has 0 unspecified atom stereocenters. The molecule has 0 saturated heterocycles. The molecule has 0 aliphatic carbocycles. The highest BCUT2D eigenvalue weighted by molar-refractivity contribution is 9.10. The maximum Gasteiger partial charge on any atom is 0.160 e. The highest BCUT2D eigenvalue weighted by Crippen LogP contribution is 2.27. The van der Waals surface area contributed by atoms with Crippen LogP contribution in [0.25, 0.3) is 0 Å². The minimum atomic E-state index is 0.407. The van der Waals surface area contributed by atoms with Crippen molar-refractivity contribution in [3.8, 4) is 0 Å². The van der Waals surface area contributed by atoms with Crippen molar-refractivity contribution < 1.29 is 0 Å². The number of pyridine rings is 2. The zero-order chi connectivity index (χ0) is 15.4. The molecule has 0 atom stereocenters. The Morgan fingerprint density at radius 3 is 2.32 bits per heavy atom. The summed E-state index contributed by atoms with van der Waals surface area (Å²) in [5, 5.41) is 6.19. The molecule has 0 radical (unpaired) electrons. The normalized spacial score (nSPS) is 10.2. The van der Waals surface area contributed by atoms with Crippen molar-refractivity contribution >= 4 is 44.8 Å². The van der Waals surface area contributed by atoms with Crippen molar-refractivity contribution in [2.24, 2.45) is 0 Å². The second-order valence-corrected chi connectivity index (χ2v) is 5.25. The molecule has 3 heterocycles. The lowest BCUT2D eigenvalue weighted by Gasteiger charge is -2.12. The molecule has 22 heavy (non-hydrogen) atoms. The predicted octanol–water partition coefficient (Wildman–Crippen LogP) is 3.10. The summed E-state index contributed by atoms with van der Waals surface area (Å²) >= 11 is 3.34. The lowest BCUT2D eigenvalue weighted by molar-refractivity contribution is 1.16. The van der Waals surface area contributed by atoms with E-state index in [1.54, 1.807) is 18.6 Å². The first-order valence-corrected chi connectivity index (χ1v) is 7.18. The molecule has 0 aliphatic rings. The first kappa shape index (κ1) is 14.2. The smallest absolute Gasteiger partial charge is 0.160 e. The van der Waals surface area contributed by atoms with Gasteiger partial charge in [-0.15, -0.1) is 0 Å².